The number of ether oxygens (including phenoxy) is 2. The summed E-state index contributed by atoms with van der Waals surface area (Å²) in [5, 5.41) is 2.78. The van der Waals surface area contributed by atoms with Crippen molar-refractivity contribution in [3.63, 3.8) is 0 Å². The van der Waals surface area contributed by atoms with Gasteiger partial charge in [-0.05, 0) is 35.7 Å². The van der Waals surface area contributed by atoms with E-state index in [0.717, 1.165) is 29.0 Å². The Morgan fingerprint density at radius 1 is 1.15 bits per heavy atom. The quantitative estimate of drug-likeness (QED) is 0.588. The van der Waals surface area contributed by atoms with Gasteiger partial charge < -0.3 is 14.8 Å². The van der Waals surface area contributed by atoms with E-state index in [1.165, 1.54) is 0 Å². The highest BCUT2D eigenvalue weighted by Crippen LogP contribution is 2.18. The maximum Gasteiger partial charge on any atom is 0.225 e. The number of hydrogen-bond donors (Lipinski definition) is 1. The van der Waals surface area contributed by atoms with Crippen molar-refractivity contribution in [1.82, 2.24) is 5.32 Å². The number of hydrogen-bond acceptors (Lipinski definition) is 3. The van der Waals surface area contributed by atoms with E-state index in [9.17, 15) is 4.79 Å². The normalized spacial score (nSPS) is 9.58. The highest BCUT2D eigenvalue weighted by Gasteiger charge is 2.02. The number of carbonyl (C=O) groups excluding carboxylic acids is 1. The summed E-state index contributed by atoms with van der Waals surface area (Å²) < 4.78 is 10.8. The summed E-state index contributed by atoms with van der Waals surface area (Å²) in [7, 11) is 1.61. The molecular formula is C22H23NO3. The fourth-order valence-electron chi connectivity index (χ4n) is 2.33. The lowest BCUT2D eigenvalue weighted by Crippen LogP contribution is -2.25. The second-order valence-corrected chi connectivity index (χ2v) is 5.54. The van der Waals surface area contributed by atoms with E-state index in [1.54, 1.807) is 7.11 Å². The zero-order chi connectivity index (χ0) is 18.6. The smallest absolute Gasteiger partial charge is 0.225 e. The third-order valence-corrected chi connectivity index (χ3v) is 3.66. The van der Waals surface area contributed by atoms with Crippen molar-refractivity contribution in [2.75, 3.05) is 20.3 Å². The Balaban J connectivity index is 1.71. The molecule has 0 saturated carbocycles. The van der Waals surface area contributed by atoms with Crippen molar-refractivity contribution in [2.45, 2.75) is 12.8 Å². The molecule has 0 radical (unpaired) electrons. The third kappa shape index (κ3) is 6.37. The number of methoxy groups -OCH3 is 1. The number of allylic oxidation sites excluding steroid dienone is 1. The van der Waals surface area contributed by atoms with Crippen molar-refractivity contribution < 1.29 is 14.3 Å². The lowest BCUT2D eigenvalue weighted by Gasteiger charge is -2.07. The Kier molecular flexibility index (Phi) is 7.82. The highest BCUT2D eigenvalue weighted by molar-refractivity contribution is 5.78. The molecule has 0 bridgehead atoms. The van der Waals surface area contributed by atoms with Crippen LogP contribution in [0.4, 0.5) is 0 Å². The molecule has 2 aromatic carbocycles. The molecule has 0 fully saturated rings. The van der Waals surface area contributed by atoms with Crippen LogP contribution < -0.4 is 14.8 Å². The first-order valence-corrected chi connectivity index (χ1v) is 8.40. The maximum absolute atomic E-state index is 11.9. The molecule has 1 amide bonds. The van der Waals surface area contributed by atoms with Gasteiger partial charge in [0.1, 0.15) is 18.1 Å². The van der Waals surface area contributed by atoms with Crippen molar-refractivity contribution >= 4 is 5.91 Å². The predicted octanol–water partition coefficient (Wildman–Crippen LogP) is 3.16. The topological polar surface area (TPSA) is 47.6 Å². The number of nitrogens with one attached hydrogen (secondary N) is 1. The molecule has 0 saturated heterocycles. The van der Waals surface area contributed by atoms with Crippen LogP contribution in [0.5, 0.6) is 11.5 Å². The van der Waals surface area contributed by atoms with E-state index in [0.29, 0.717) is 13.0 Å². The predicted molar refractivity (Wildman–Crippen MR) is 103 cm³/mol. The number of para-hydroxylation sites is 1. The summed E-state index contributed by atoms with van der Waals surface area (Å²) in [5.41, 5.74) is 2.01. The van der Waals surface area contributed by atoms with Crippen LogP contribution in [-0.4, -0.2) is 26.2 Å². The van der Waals surface area contributed by atoms with Gasteiger partial charge in [-0.3, -0.25) is 4.79 Å². The summed E-state index contributed by atoms with van der Waals surface area (Å²) in [6.45, 7) is 4.32. The van der Waals surface area contributed by atoms with E-state index >= 15 is 0 Å². The number of carbonyl (C=O) groups is 1. The lowest BCUT2D eigenvalue weighted by atomic mass is 10.1. The lowest BCUT2D eigenvalue weighted by molar-refractivity contribution is -0.120. The van der Waals surface area contributed by atoms with E-state index in [4.69, 9.17) is 9.47 Å². The van der Waals surface area contributed by atoms with E-state index in [-0.39, 0.29) is 12.5 Å². The van der Waals surface area contributed by atoms with Crippen LogP contribution in [0.1, 0.15) is 11.1 Å². The first-order valence-electron chi connectivity index (χ1n) is 8.40. The van der Waals surface area contributed by atoms with E-state index < -0.39 is 0 Å². The van der Waals surface area contributed by atoms with Gasteiger partial charge in [-0.25, -0.2) is 0 Å². The second kappa shape index (κ2) is 10.6. The van der Waals surface area contributed by atoms with Gasteiger partial charge in [0, 0.05) is 0 Å². The molecule has 0 heterocycles. The molecule has 0 aliphatic carbocycles. The van der Waals surface area contributed by atoms with Crippen LogP contribution in [0, 0.1) is 11.8 Å². The molecule has 0 spiro atoms. The van der Waals surface area contributed by atoms with Gasteiger partial charge in [0.05, 0.1) is 20.1 Å². The molecule has 4 nitrogen and oxygen atoms in total. The number of amides is 1. The first-order chi connectivity index (χ1) is 12.7. The number of rotatable bonds is 8. The largest absolute Gasteiger partial charge is 0.497 e. The molecule has 0 aliphatic heterocycles. The Bertz CT molecular complexity index is 785. The molecule has 4 heteroatoms. The molecule has 26 heavy (non-hydrogen) atoms. The summed E-state index contributed by atoms with van der Waals surface area (Å²) in [4.78, 5) is 11.9. The Morgan fingerprint density at radius 2 is 1.92 bits per heavy atom. The van der Waals surface area contributed by atoms with Crippen LogP contribution in [0.15, 0.2) is 61.2 Å². The van der Waals surface area contributed by atoms with Gasteiger partial charge in [0.15, 0.2) is 0 Å². The fourth-order valence-corrected chi connectivity index (χ4v) is 2.33. The van der Waals surface area contributed by atoms with Crippen LogP contribution >= 0.6 is 0 Å². The summed E-state index contributed by atoms with van der Waals surface area (Å²) >= 11 is 0. The van der Waals surface area contributed by atoms with Gasteiger partial charge in [0.2, 0.25) is 5.91 Å². The minimum atomic E-state index is -0.0679. The van der Waals surface area contributed by atoms with Crippen molar-refractivity contribution in [1.29, 1.82) is 0 Å². The highest BCUT2D eigenvalue weighted by atomic mass is 16.5. The van der Waals surface area contributed by atoms with Gasteiger partial charge in [0.25, 0.3) is 0 Å². The average Bonchev–Trinajstić information content (AvgIpc) is 2.66. The van der Waals surface area contributed by atoms with Crippen molar-refractivity contribution in [3.8, 4) is 23.3 Å². The van der Waals surface area contributed by atoms with Crippen molar-refractivity contribution in [3.05, 3.63) is 72.3 Å². The average molecular weight is 349 g/mol. The van der Waals surface area contributed by atoms with Crippen LogP contribution in [0.3, 0.4) is 0 Å². The SMILES string of the molecule is C=CCc1ccccc1OCC#CCNC(=O)Cc1ccc(OC)cc1. The minimum absolute atomic E-state index is 0.0679. The van der Waals surface area contributed by atoms with E-state index in [2.05, 4.69) is 23.7 Å². The molecule has 1 N–H and O–H groups in total. The minimum Gasteiger partial charge on any atom is -0.497 e. The standard InChI is InChI=1S/C22H23NO3/c1-3-8-19-9-4-5-10-21(19)26-16-7-6-15-23-22(24)17-18-11-13-20(25-2)14-12-18/h3-5,9-14H,1,8,15-17H2,2H3,(H,23,24). The van der Waals surface area contributed by atoms with Gasteiger partial charge in [-0.2, -0.15) is 0 Å². The molecule has 134 valence electrons. The molecular weight excluding hydrogens is 326 g/mol. The molecule has 0 aromatic heterocycles. The van der Waals surface area contributed by atoms with Crippen LogP contribution in [0.25, 0.3) is 0 Å². The molecule has 0 atom stereocenters. The molecule has 2 rings (SSSR count). The van der Waals surface area contributed by atoms with Gasteiger partial charge in [-0.1, -0.05) is 48.2 Å². The zero-order valence-corrected chi connectivity index (χ0v) is 15.0. The van der Waals surface area contributed by atoms with Crippen LogP contribution in [-0.2, 0) is 17.6 Å². The third-order valence-electron chi connectivity index (χ3n) is 3.66. The Morgan fingerprint density at radius 3 is 2.65 bits per heavy atom. The Hall–Kier alpha value is -3.19. The van der Waals surface area contributed by atoms with Crippen molar-refractivity contribution in [2.24, 2.45) is 0 Å². The molecule has 2 aromatic rings. The molecule has 0 unspecified atom stereocenters. The van der Waals surface area contributed by atoms with Crippen LogP contribution in [0.2, 0.25) is 0 Å². The monoisotopic (exact) mass is 349 g/mol. The molecule has 0 aliphatic rings. The fraction of sp³-hybridized carbons (Fsp3) is 0.227. The summed E-state index contributed by atoms with van der Waals surface area (Å²) in [5.74, 6) is 7.32. The van der Waals surface area contributed by atoms with E-state index in [1.807, 2.05) is 54.6 Å². The first kappa shape index (κ1) is 19.1. The number of benzene rings is 2. The van der Waals surface area contributed by atoms with Gasteiger partial charge >= 0.3 is 0 Å². The second-order valence-electron chi connectivity index (χ2n) is 5.54. The maximum atomic E-state index is 11.9. The summed E-state index contributed by atoms with van der Waals surface area (Å²) in [6.07, 6.45) is 2.91. The zero-order valence-electron chi connectivity index (χ0n) is 15.0. The van der Waals surface area contributed by atoms with Gasteiger partial charge in [-0.15, -0.1) is 6.58 Å². The summed E-state index contributed by atoms with van der Waals surface area (Å²) in [6, 6.07) is 15.2. The Labute approximate surface area is 154 Å².